The van der Waals surface area contributed by atoms with Crippen LogP contribution in [0.3, 0.4) is 0 Å². The molecule has 1 aliphatic rings. The number of nitrogens with zero attached hydrogens (tertiary/aromatic N) is 3. The number of amides is 1. The minimum atomic E-state index is -3.12. The Labute approximate surface area is 204 Å². The Morgan fingerprint density at radius 2 is 2.03 bits per heavy atom. The van der Waals surface area contributed by atoms with Crippen LogP contribution in [0.2, 0.25) is 10.0 Å². The zero-order valence-electron chi connectivity index (χ0n) is 17.4. The first kappa shape index (κ1) is 22.3. The molecule has 5 rings (SSSR count). The van der Waals surface area contributed by atoms with Crippen LogP contribution in [0.15, 0.2) is 41.8 Å². The van der Waals surface area contributed by atoms with Crippen molar-refractivity contribution in [3.05, 3.63) is 63.1 Å². The molecule has 1 saturated heterocycles. The standard InChI is InChI=1S/C22H18Cl2N4O3S2/c1-12-20-15(22(29)25-13-4-5-16(23)17(24)9-13)10-18(19-3-2-7-32-19)26-21(20)28(27-12)14-6-8-33(30,31)11-14/h2-5,7,9-10,14H,6,8,11H2,1H3,(H,25,29). The summed E-state index contributed by atoms with van der Waals surface area (Å²) in [5, 5.41) is 10.7. The number of anilines is 1. The van der Waals surface area contributed by atoms with Crippen molar-refractivity contribution in [1.29, 1.82) is 0 Å². The molecule has 1 atom stereocenters. The number of fused-ring (bicyclic) bond motifs is 1. The van der Waals surface area contributed by atoms with Crippen LogP contribution in [0.4, 0.5) is 5.69 Å². The van der Waals surface area contributed by atoms with Gasteiger partial charge < -0.3 is 5.32 Å². The Kier molecular flexibility index (Phi) is 5.68. The number of halogens is 2. The van der Waals surface area contributed by atoms with E-state index in [-0.39, 0.29) is 23.5 Å². The fourth-order valence-electron chi connectivity index (χ4n) is 4.04. The van der Waals surface area contributed by atoms with Gasteiger partial charge in [0.15, 0.2) is 15.5 Å². The highest BCUT2D eigenvalue weighted by molar-refractivity contribution is 7.91. The zero-order valence-corrected chi connectivity index (χ0v) is 20.5. The maximum atomic E-state index is 13.4. The third-order valence-corrected chi connectivity index (χ3v) is 8.97. The van der Waals surface area contributed by atoms with E-state index in [1.54, 1.807) is 35.9 Å². The van der Waals surface area contributed by atoms with E-state index < -0.39 is 9.84 Å². The average Bonchev–Trinajstić information content (AvgIpc) is 3.49. The number of pyridine rings is 1. The number of aryl methyl sites for hydroxylation is 1. The highest BCUT2D eigenvalue weighted by Gasteiger charge is 2.32. The van der Waals surface area contributed by atoms with Crippen LogP contribution in [-0.4, -0.2) is 40.6 Å². The van der Waals surface area contributed by atoms with Gasteiger partial charge in [-0.25, -0.2) is 18.1 Å². The first-order chi connectivity index (χ1) is 15.7. The maximum Gasteiger partial charge on any atom is 0.256 e. The Balaban J connectivity index is 1.65. The molecule has 0 bridgehead atoms. The molecule has 0 spiro atoms. The Morgan fingerprint density at radius 1 is 1.21 bits per heavy atom. The lowest BCUT2D eigenvalue weighted by Crippen LogP contribution is -2.15. The van der Waals surface area contributed by atoms with Crippen molar-refractivity contribution in [2.24, 2.45) is 0 Å². The van der Waals surface area contributed by atoms with Gasteiger partial charge in [0.1, 0.15) is 0 Å². The predicted octanol–water partition coefficient (Wildman–Crippen LogP) is 5.39. The molecule has 1 N–H and O–H groups in total. The third-order valence-electron chi connectivity index (χ3n) is 5.59. The average molecular weight is 521 g/mol. The van der Waals surface area contributed by atoms with E-state index in [1.807, 2.05) is 17.5 Å². The highest BCUT2D eigenvalue weighted by atomic mass is 35.5. The van der Waals surface area contributed by atoms with Crippen molar-refractivity contribution in [2.75, 3.05) is 16.8 Å². The van der Waals surface area contributed by atoms with Gasteiger partial charge in [-0.3, -0.25) is 4.79 Å². The summed E-state index contributed by atoms with van der Waals surface area (Å²) < 4.78 is 25.9. The zero-order chi connectivity index (χ0) is 23.3. The summed E-state index contributed by atoms with van der Waals surface area (Å²) in [5.74, 6) is -0.216. The molecule has 0 radical (unpaired) electrons. The number of thiophene rings is 1. The monoisotopic (exact) mass is 520 g/mol. The number of aromatic nitrogens is 3. The summed E-state index contributed by atoms with van der Waals surface area (Å²) in [6.45, 7) is 1.80. The molecule has 0 aliphatic carbocycles. The molecule has 170 valence electrons. The van der Waals surface area contributed by atoms with Crippen molar-refractivity contribution in [2.45, 2.75) is 19.4 Å². The normalized spacial score (nSPS) is 17.5. The lowest BCUT2D eigenvalue weighted by atomic mass is 10.1. The number of carbonyl (C=O) groups is 1. The Morgan fingerprint density at radius 3 is 2.70 bits per heavy atom. The summed E-state index contributed by atoms with van der Waals surface area (Å²) in [6.07, 6.45) is 0.467. The topological polar surface area (TPSA) is 93.9 Å². The first-order valence-corrected chi connectivity index (χ1v) is 13.6. The van der Waals surface area contributed by atoms with Crippen molar-refractivity contribution < 1.29 is 13.2 Å². The van der Waals surface area contributed by atoms with E-state index in [9.17, 15) is 13.2 Å². The fraction of sp³-hybridized carbons (Fsp3) is 0.227. The van der Waals surface area contributed by atoms with Gasteiger partial charge in [0.25, 0.3) is 5.91 Å². The number of benzene rings is 1. The van der Waals surface area contributed by atoms with Gasteiger partial charge in [-0.2, -0.15) is 5.10 Å². The van der Waals surface area contributed by atoms with E-state index in [1.165, 1.54) is 11.3 Å². The third kappa shape index (κ3) is 4.26. The SMILES string of the molecule is Cc1nn(C2CCS(=O)(=O)C2)c2nc(-c3cccs3)cc(C(=O)Nc3ccc(Cl)c(Cl)c3)c12. The Bertz CT molecular complexity index is 1500. The van der Waals surface area contributed by atoms with Crippen molar-refractivity contribution in [3.63, 3.8) is 0 Å². The second kappa shape index (κ2) is 8.39. The molecule has 4 aromatic rings. The summed E-state index contributed by atoms with van der Waals surface area (Å²) in [4.78, 5) is 19.1. The fourth-order valence-corrected chi connectivity index (χ4v) is 6.71. The van der Waals surface area contributed by atoms with Gasteiger partial charge in [-0.15, -0.1) is 11.3 Å². The van der Waals surface area contributed by atoms with Gasteiger partial charge >= 0.3 is 0 Å². The van der Waals surface area contributed by atoms with Gasteiger partial charge in [-0.05, 0) is 49.1 Å². The van der Waals surface area contributed by atoms with Gasteiger partial charge in [0.05, 0.1) is 54.8 Å². The molecule has 1 fully saturated rings. The number of sulfone groups is 1. The van der Waals surface area contributed by atoms with Crippen LogP contribution in [0.25, 0.3) is 21.6 Å². The predicted molar refractivity (Wildman–Crippen MR) is 132 cm³/mol. The lowest BCUT2D eigenvalue weighted by molar-refractivity contribution is 0.102. The first-order valence-electron chi connectivity index (χ1n) is 10.1. The maximum absolute atomic E-state index is 13.4. The molecule has 1 unspecified atom stereocenters. The second-order valence-corrected chi connectivity index (χ2v) is 11.9. The molecular weight excluding hydrogens is 503 g/mol. The summed E-state index contributed by atoms with van der Waals surface area (Å²) in [7, 11) is -3.12. The lowest BCUT2D eigenvalue weighted by Gasteiger charge is -2.12. The smallest absolute Gasteiger partial charge is 0.256 e. The molecule has 11 heteroatoms. The molecule has 1 aliphatic heterocycles. The summed E-state index contributed by atoms with van der Waals surface area (Å²) in [5.41, 5.74) is 2.64. The highest BCUT2D eigenvalue weighted by Crippen LogP contribution is 2.34. The van der Waals surface area contributed by atoms with Crippen LogP contribution in [0.1, 0.15) is 28.5 Å². The van der Waals surface area contributed by atoms with Crippen LogP contribution in [0.5, 0.6) is 0 Å². The molecular formula is C22H18Cl2N4O3S2. The van der Waals surface area contributed by atoms with Crippen LogP contribution < -0.4 is 5.32 Å². The molecule has 0 saturated carbocycles. The van der Waals surface area contributed by atoms with E-state index in [0.29, 0.717) is 50.1 Å². The number of rotatable bonds is 4. The molecule has 1 aromatic carbocycles. The minimum absolute atomic E-state index is 0.0128. The molecule has 3 aromatic heterocycles. The number of hydrogen-bond donors (Lipinski definition) is 1. The van der Waals surface area contributed by atoms with E-state index in [4.69, 9.17) is 28.2 Å². The molecule has 7 nitrogen and oxygen atoms in total. The molecule has 33 heavy (non-hydrogen) atoms. The van der Waals surface area contributed by atoms with Crippen LogP contribution in [-0.2, 0) is 9.84 Å². The van der Waals surface area contributed by atoms with Crippen LogP contribution >= 0.6 is 34.5 Å². The van der Waals surface area contributed by atoms with E-state index in [0.717, 1.165) is 4.88 Å². The van der Waals surface area contributed by atoms with Gasteiger partial charge in [0.2, 0.25) is 0 Å². The summed E-state index contributed by atoms with van der Waals surface area (Å²) >= 11 is 13.6. The van der Waals surface area contributed by atoms with Gasteiger partial charge in [0, 0.05) is 5.69 Å². The van der Waals surface area contributed by atoms with Gasteiger partial charge in [-0.1, -0.05) is 29.3 Å². The molecule has 1 amide bonds. The minimum Gasteiger partial charge on any atom is -0.322 e. The second-order valence-electron chi connectivity index (χ2n) is 7.90. The van der Waals surface area contributed by atoms with Crippen LogP contribution in [0, 0.1) is 6.92 Å². The quantitative estimate of drug-likeness (QED) is 0.389. The van der Waals surface area contributed by atoms with E-state index in [2.05, 4.69) is 10.4 Å². The number of carbonyl (C=O) groups excluding carboxylic acids is 1. The largest absolute Gasteiger partial charge is 0.322 e. The summed E-state index contributed by atoms with van der Waals surface area (Å²) in [6, 6.07) is 10.1. The number of nitrogens with one attached hydrogen (secondary N) is 1. The molecule has 4 heterocycles. The van der Waals surface area contributed by atoms with Crippen molar-refractivity contribution in [3.8, 4) is 10.6 Å². The van der Waals surface area contributed by atoms with Crippen molar-refractivity contribution in [1.82, 2.24) is 14.8 Å². The number of hydrogen-bond acceptors (Lipinski definition) is 6. The van der Waals surface area contributed by atoms with Crippen molar-refractivity contribution >= 4 is 67.0 Å². The Hall–Kier alpha value is -2.46. The van der Waals surface area contributed by atoms with E-state index >= 15 is 0 Å².